The van der Waals surface area contributed by atoms with Crippen LogP contribution >= 0.6 is 0 Å². The third-order valence-corrected chi connectivity index (χ3v) is 7.97. The van der Waals surface area contributed by atoms with Crippen molar-refractivity contribution in [1.82, 2.24) is 0 Å². The summed E-state index contributed by atoms with van der Waals surface area (Å²) in [6, 6.07) is 0.971. The molecule has 0 aromatic rings. The zero-order valence-electron chi connectivity index (χ0n) is 14.0. The molecule has 3 atom stereocenters. The van der Waals surface area contributed by atoms with Crippen molar-refractivity contribution in [3.8, 4) is 0 Å². The topological polar surface area (TPSA) is 27.7 Å². The summed E-state index contributed by atoms with van der Waals surface area (Å²) in [5.41, 5.74) is 0. The van der Waals surface area contributed by atoms with E-state index in [1.54, 1.807) is 0 Å². The molecule has 0 saturated heterocycles. The van der Waals surface area contributed by atoms with Gasteiger partial charge >= 0.3 is 8.80 Å². The molecule has 0 spiro atoms. The minimum atomic E-state index is -2.40. The average Bonchev–Trinajstić information content (AvgIpc) is 3.07. The lowest BCUT2D eigenvalue weighted by Crippen LogP contribution is -2.45. The third kappa shape index (κ3) is 4.65. The van der Waals surface area contributed by atoms with Crippen LogP contribution in [0.2, 0.25) is 6.04 Å². The maximum atomic E-state index is 5.92. The van der Waals surface area contributed by atoms with Crippen molar-refractivity contribution in [2.24, 2.45) is 17.8 Å². The molecule has 0 heterocycles. The summed E-state index contributed by atoms with van der Waals surface area (Å²) in [7, 11) is -2.40. The molecule has 21 heavy (non-hydrogen) atoms. The van der Waals surface area contributed by atoms with E-state index in [2.05, 4.69) is 12.2 Å². The molecule has 122 valence electrons. The van der Waals surface area contributed by atoms with Gasteiger partial charge in [0, 0.05) is 25.9 Å². The summed E-state index contributed by atoms with van der Waals surface area (Å²) in [6.07, 6.45) is 11.5. The summed E-state index contributed by atoms with van der Waals surface area (Å²) >= 11 is 0. The van der Waals surface area contributed by atoms with Gasteiger partial charge in [-0.2, -0.15) is 0 Å². The molecule has 0 radical (unpaired) electrons. The van der Waals surface area contributed by atoms with Gasteiger partial charge in [-0.25, -0.2) is 0 Å². The van der Waals surface area contributed by atoms with Gasteiger partial charge in [0.05, 0.1) is 0 Å². The first-order valence-corrected chi connectivity index (χ1v) is 10.8. The molecule has 2 aliphatic rings. The van der Waals surface area contributed by atoms with Crippen LogP contribution in [0.1, 0.15) is 52.9 Å². The van der Waals surface area contributed by atoms with E-state index in [4.69, 9.17) is 13.3 Å². The van der Waals surface area contributed by atoms with Crippen molar-refractivity contribution < 1.29 is 13.3 Å². The van der Waals surface area contributed by atoms with E-state index in [0.29, 0.717) is 19.8 Å². The Morgan fingerprint density at radius 2 is 1.57 bits per heavy atom. The van der Waals surface area contributed by atoms with Crippen molar-refractivity contribution in [3.05, 3.63) is 12.2 Å². The Morgan fingerprint density at radius 1 is 0.905 bits per heavy atom. The minimum Gasteiger partial charge on any atom is -0.374 e. The normalized spacial score (nSPS) is 27.7. The zero-order chi connectivity index (χ0) is 15.1. The van der Waals surface area contributed by atoms with Gasteiger partial charge in [-0.1, -0.05) is 18.6 Å². The molecule has 4 heteroatoms. The van der Waals surface area contributed by atoms with Crippen molar-refractivity contribution in [1.29, 1.82) is 0 Å². The molecule has 2 rings (SSSR count). The Bertz CT molecular complexity index is 315. The fraction of sp³-hybridized carbons (Fsp3) is 0.882. The molecule has 3 nitrogen and oxygen atoms in total. The van der Waals surface area contributed by atoms with Gasteiger partial charge < -0.3 is 13.3 Å². The highest BCUT2D eigenvalue weighted by molar-refractivity contribution is 6.60. The number of hydrogen-bond donors (Lipinski definition) is 0. The van der Waals surface area contributed by atoms with Crippen LogP contribution < -0.4 is 0 Å². The molecule has 1 saturated carbocycles. The number of allylic oxidation sites excluding steroid dienone is 2. The van der Waals surface area contributed by atoms with Gasteiger partial charge in [-0.05, 0) is 64.2 Å². The van der Waals surface area contributed by atoms with Crippen molar-refractivity contribution in [2.45, 2.75) is 58.9 Å². The van der Waals surface area contributed by atoms with Crippen molar-refractivity contribution in [2.75, 3.05) is 19.8 Å². The van der Waals surface area contributed by atoms with Gasteiger partial charge in [0.1, 0.15) is 0 Å². The number of hydrogen-bond acceptors (Lipinski definition) is 3. The van der Waals surface area contributed by atoms with Crippen LogP contribution in [0.3, 0.4) is 0 Å². The maximum Gasteiger partial charge on any atom is 0.500 e. The summed E-state index contributed by atoms with van der Waals surface area (Å²) < 4.78 is 17.7. The highest BCUT2D eigenvalue weighted by atomic mass is 28.4. The second kappa shape index (κ2) is 8.46. The fourth-order valence-electron chi connectivity index (χ4n) is 3.98. The van der Waals surface area contributed by atoms with Crippen LogP contribution in [0.5, 0.6) is 0 Å². The predicted molar refractivity (Wildman–Crippen MR) is 88.1 cm³/mol. The third-order valence-electron chi connectivity index (χ3n) is 4.82. The largest absolute Gasteiger partial charge is 0.500 e. The highest BCUT2D eigenvalue weighted by Gasteiger charge is 2.40. The van der Waals surface area contributed by atoms with E-state index < -0.39 is 8.80 Å². The van der Waals surface area contributed by atoms with Crippen LogP contribution in [-0.2, 0) is 13.3 Å². The van der Waals surface area contributed by atoms with Gasteiger partial charge in [0.15, 0.2) is 0 Å². The van der Waals surface area contributed by atoms with E-state index in [1.807, 2.05) is 20.8 Å². The van der Waals surface area contributed by atoms with E-state index in [1.165, 1.54) is 32.1 Å². The Morgan fingerprint density at radius 3 is 2.05 bits per heavy atom. The van der Waals surface area contributed by atoms with Crippen LogP contribution in [-0.4, -0.2) is 28.6 Å². The van der Waals surface area contributed by atoms with Gasteiger partial charge in [-0.15, -0.1) is 0 Å². The lowest BCUT2D eigenvalue weighted by molar-refractivity contribution is 0.0705. The van der Waals surface area contributed by atoms with Crippen LogP contribution in [0.25, 0.3) is 0 Å². The van der Waals surface area contributed by atoms with Gasteiger partial charge in [-0.3, -0.25) is 0 Å². The molecule has 0 aliphatic heterocycles. The first-order valence-electron chi connectivity index (χ1n) is 8.83. The van der Waals surface area contributed by atoms with Crippen LogP contribution in [0.4, 0.5) is 0 Å². The number of fused-ring (bicyclic) bond motifs is 2. The smallest absolute Gasteiger partial charge is 0.374 e. The number of rotatable bonds is 11. The van der Waals surface area contributed by atoms with Crippen molar-refractivity contribution in [3.63, 3.8) is 0 Å². The first kappa shape index (κ1) is 17.2. The summed E-state index contributed by atoms with van der Waals surface area (Å²) in [4.78, 5) is 0. The summed E-state index contributed by atoms with van der Waals surface area (Å²) in [5.74, 6) is 2.70. The molecule has 3 unspecified atom stereocenters. The summed E-state index contributed by atoms with van der Waals surface area (Å²) in [5, 5.41) is 0. The van der Waals surface area contributed by atoms with Crippen LogP contribution in [0, 0.1) is 17.8 Å². The Kier molecular flexibility index (Phi) is 6.93. The lowest BCUT2D eigenvalue weighted by Gasteiger charge is -2.28. The van der Waals surface area contributed by atoms with Gasteiger partial charge in [0.25, 0.3) is 0 Å². The maximum absolute atomic E-state index is 5.92. The van der Waals surface area contributed by atoms with Gasteiger partial charge in [0.2, 0.25) is 0 Å². The second-order valence-electron chi connectivity index (χ2n) is 6.27. The molecule has 0 amide bonds. The monoisotopic (exact) mass is 312 g/mol. The molecule has 0 aromatic carbocycles. The Hall–Kier alpha value is -0.163. The van der Waals surface area contributed by atoms with Crippen molar-refractivity contribution >= 4 is 8.80 Å². The first-order chi connectivity index (χ1) is 10.2. The summed E-state index contributed by atoms with van der Waals surface area (Å²) in [6.45, 7) is 8.14. The average molecular weight is 313 g/mol. The SMILES string of the molecule is CCO[Si](CCCCC1CC2C=CC1C2)(OCC)OCC. The van der Waals surface area contributed by atoms with E-state index in [-0.39, 0.29) is 0 Å². The second-order valence-corrected chi connectivity index (χ2v) is 9.00. The number of unbranched alkanes of at least 4 members (excludes halogenated alkanes) is 1. The Balaban J connectivity index is 1.72. The molecule has 0 N–H and O–H groups in total. The quantitative estimate of drug-likeness (QED) is 0.321. The lowest BCUT2D eigenvalue weighted by atomic mass is 9.89. The standard InChI is InChI=1S/C17H32O3Si/c1-4-18-21(19-5-2,20-6-3)12-8-7-9-16-13-15-10-11-17(16)14-15/h10-11,15-17H,4-9,12-14H2,1-3H3. The molecule has 1 fully saturated rings. The molecular formula is C17H32O3Si. The molecule has 2 aliphatic carbocycles. The zero-order valence-corrected chi connectivity index (χ0v) is 15.0. The van der Waals surface area contributed by atoms with Crippen LogP contribution in [0.15, 0.2) is 12.2 Å². The van der Waals surface area contributed by atoms with E-state index in [0.717, 1.165) is 23.8 Å². The molecular weight excluding hydrogens is 280 g/mol. The minimum absolute atomic E-state index is 0.684. The highest BCUT2D eigenvalue weighted by Crippen LogP contribution is 2.45. The molecule has 0 aromatic heterocycles. The Labute approximate surface area is 131 Å². The predicted octanol–water partition coefficient (Wildman–Crippen LogP) is 4.42. The van der Waals surface area contributed by atoms with E-state index >= 15 is 0 Å². The van der Waals surface area contributed by atoms with E-state index in [9.17, 15) is 0 Å². The fourth-order valence-corrected chi connectivity index (χ4v) is 6.66. The molecule has 2 bridgehead atoms.